The van der Waals surface area contributed by atoms with Gasteiger partial charge in [0.05, 0.1) is 6.61 Å². The summed E-state index contributed by atoms with van der Waals surface area (Å²) in [7, 11) is 2.17. The van der Waals surface area contributed by atoms with Crippen LogP contribution in [0.25, 0.3) is 10.9 Å². The molecule has 0 bridgehead atoms. The largest absolute Gasteiger partial charge is 0.493 e. The summed E-state index contributed by atoms with van der Waals surface area (Å²) in [6, 6.07) is 15.2. The second kappa shape index (κ2) is 12.0. The average molecular weight is 517 g/mol. The lowest BCUT2D eigenvalue weighted by Gasteiger charge is -2.28. The number of likely N-dealkylation sites (tertiary alicyclic amines) is 1. The zero-order valence-corrected chi connectivity index (χ0v) is 22.6. The molecule has 0 radical (unpaired) electrons. The highest BCUT2D eigenvalue weighted by molar-refractivity contribution is 6.02. The standard InChI is InChI=1S/C31H40N4O3/c1-21-26-5-3-4-6-27(26)33-29(21)31(37)34-28(14-11-22-7-8-22)30(36)32-19-23-9-12-25(13-10-23)38-20-24-15-17-35(2)18-16-24/h3-6,9-10,12-13,22,24,28,33H,7-8,11,14-20H2,1-2H3,(H,32,36)(H,34,37). The molecule has 7 heteroatoms. The summed E-state index contributed by atoms with van der Waals surface area (Å²) in [5.41, 5.74) is 3.35. The van der Waals surface area contributed by atoms with Crippen molar-refractivity contribution in [2.75, 3.05) is 26.7 Å². The Morgan fingerprint density at radius 1 is 1.03 bits per heavy atom. The number of amides is 2. The van der Waals surface area contributed by atoms with E-state index in [2.05, 4.69) is 27.6 Å². The molecule has 1 aliphatic carbocycles. The van der Waals surface area contributed by atoms with Crippen molar-refractivity contribution in [1.29, 1.82) is 0 Å². The highest BCUT2D eigenvalue weighted by atomic mass is 16.5. The molecule has 1 aliphatic heterocycles. The maximum absolute atomic E-state index is 13.2. The Balaban J connectivity index is 1.15. The monoisotopic (exact) mass is 516 g/mol. The Labute approximate surface area is 225 Å². The van der Waals surface area contributed by atoms with Crippen LogP contribution in [0.15, 0.2) is 48.5 Å². The number of benzene rings is 2. The van der Waals surface area contributed by atoms with E-state index in [0.717, 1.165) is 53.9 Å². The van der Waals surface area contributed by atoms with E-state index in [4.69, 9.17) is 4.74 Å². The lowest BCUT2D eigenvalue weighted by molar-refractivity contribution is -0.123. The number of nitrogens with one attached hydrogen (secondary N) is 3. The molecule has 202 valence electrons. The first-order valence-electron chi connectivity index (χ1n) is 14.0. The number of nitrogens with zero attached hydrogens (tertiary/aromatic N) is 1. The first-order valence-corrected chi connectivity index (χ1v) is 14.0. The minimum atomic E-state index is -0.564. The number of para-hydroxylation sites is 1. The number of carbonyl (C=O) groups excluding carboxylic acids is 2. The second-order valence-electron chi connectivity index (χ2n) is 11.1. The first-order chi connectivity index (χ1) is 18.5. The Kier molecular flexibility index (Phi) is 8.32. The van der Waals surface area contributed by atoms with Crippen molar-refractivity contribution in [2.24, 2.45) is 11.8 Å². The molecule has 1 saturated heterocycles. The average Bonchev–Trinajstić information content (AvgIpc) is 3.71. The molecule has 38 heavy (non-hydrogen) atoms. The van der Waals surface area contributed by atoms with E-state index in [9.17, 15) is 9.59 Å². The SMILES string of the molecule is Cc1c(C(=O)NC(CCC2CC2)C(=O)NCc2ccc(OCC3CCN(C)CC3)cc2)[nH]c2ccccc12. The molecule has 2 amide bonds. The molecule has 1 atom stereocenters. The minimum Gasteiger partial charge on any atom is -0.493 e. The number of hydrogen-bond donors (Lipinski definition) is 3. The van der Waals surface area contributed by atoms with E-state index in [1.807, 2.05) is 55.5 Å². The number of piperidine rings is 1. The summed E-state index contributed by atoms with van der Waals surface area (Å²) < 4.78 is 6.02. The van der Waals surface area contributed by atoms with Crippen molar-refractivity contribution in [3.05, 3.63) is 65.4 Å². The molecule has 2 aromatic carbocycles. The fourth-order valence-electron chi connectivity index (χ4n) is 5.28. The van der Waals surface area contributed by atoms with Gasteiger partial charge in [0.25, 0.3) is 5.91 Å². The maximum Gasteiger partial charge on any atom is 0.268 e. The highest BCUT2D eigenvalue weighted by Crippen LogP contribution is 2.34. The summed E-state index contributed by atoms with van der Waals surface area (Å²) in [5, 5.41) is 7.07. The molecule has 3 N–H and O–H groups in total. The topological polar surface area (TPSA) is 86.5 Å². The van der Waals surface area contributed by atoms with Gasteiger partial charge in [-0.15, -0.1) is 0 Å². The van der Waals surface area contributed by atoms with Crippen LogP contribution in [0.3, 0.4) is 0 Å². The zero-order chi connectivity index (χ0) is 26.5. The highest BCUT2D eigenvalue weighted by Gasteiger charge is 2.28. The van der Waals surface area contributed by atoms with Crippen LogP contribution < -0.4 is 15.4 Å². The molecule has 5 rings (SSSR count). The summed E-state index contributed by atoms with van der Waals surface area (Å²) in [5.74, 6) is 1.78. The third kappa shape index (κ3) is 6.76. The summed E-state index contributed by atoms with van der Waals surface area (Å²) >= 11 is 0. The van der Waals surface area contributed by atoms with E-state index < -0.39 is 6.04 Å². The third-order valence-corrected chi connectivity index (χ3v) is 8.09. The van der Waals surface area contributed by atoms with Crippen LogP contribution in [0.1, 0.15) is 60.1 Å². The molecule has 2 fully saturated rings. The van der Waals surface area contributed by atoms with Crippen LogP contribution >= 0.6 is 0 Å². The summed E-state index contributed by atoms with van der Waals surface area (Å²) in [4.78, 5) is 31.9. The number of aromatic amines is 1. The molecule has 2 heterocycles. The lowest BCUT2D eigenvalue weighted by atomic mass is 9.98. The van der Waals surface area contributed by atoms with Crippen molar-refractivity contribution in [3.63, 3.8) is 0 Å². The van der Waals surface area contributed by atoms with Gasteiger partial charge in [0.2, 0.25) is 5.91 Å². The molecule has 3 aromatic rings. The fraction of sp³-hybridized carbons (Fsp3) is 0.484. The summed E-state index contributed by atoms with van der Waals surface area (Å²) in [6.45, 7) is 5.37. The number of rotatable bonds is 11. The molecular formula is C31H40N4O3. The molecule has 1 aromatic heterocycles. The second-order valence-corrected chi connectivity index (χ2v) is 11.1. The molecular weight excluding hydrogens is 476 g/mol. The predicted molar refractivity (Wildman–Crippen MR) is 150 cm³/mol. The van der Waals surface area contributed by atoms with E-state index in [1.165, 1.54) is 25.7 Å². The molecule has 2 aliphatic rings. The Hall–Kier alpha value is -3.32. The van der Waals surface area contributed by atoms with Crippen LogP contribution in [0.4, 0.5) is 0 Å². The lowest BCUT2D eigenvalue weighted by Crippen LogP contribution is -2.46. The van der Waals surface area contributed by atoms with Gasteiger partial charge in [-0.1, -0.05) is 43.2 Å². The minimum absolute atomic E-state index is 0.143. The van der Waals surface area contributed by atoms with Crippen LogP contribution in [-0.4, -0.2) is 54.5 Å². The van der Waals surface area contributed by atoms with Gasteiger partial charge >= 0.3 is 0 Å². The van der Waals surface area contributed by atoms with E-state index in [0.29, 0.717) is 30.5 Å². The van der Waals surface area contributed by atoms with Crippen LogP contribution in [0.5, 0.6) is 5.75 Å². The number of aryl methyl sites for hydroxylation is 1. The van der Waals surface area contributed by atoms with Gasteiger partial charge in [0.15, 0.2) is 0 Å². The fourth-order valence-corrected chi connectivity index (χ4v) is 5.28. The van der Waals surface area contributed by atoms with E-state index in [-0.39, 0.29) is 11.8 Å². The number of hydrogen-bond acceptors (Lipinski definition) is 4. The van der Waals surface area contributed by atoms with Crippen LogP contribution in [0, 0.1) is 18.8 Å². The number of carbonyl (C=O) groups is 2. The van der Waals surface area contributed by atoms with E-state index in [1.54, 1.807) is 0 Å². The van der Waals surface area contributed by atoms with Gasteiger partial charge in [-0.2, -0.15) is 0 Å². The number of fused-ring (bicyclic) bond motifs is 1. The van der Waals surface area contributed by atoms with Gasteiger partial charge in [0.1, 0.15) is 17.5 Å². The van der Waals surface area contributed by atoms with Gasteiger partial charge in [-0.3, -0.25) is 9.59 Å². The van der Waals surface area contributed by atoms with Crippen LogP contribution in [-0.2, 0) is 11.3 Å². The number of aromatic nitrogens is 1. The predicted octanol–water partition coefficient (Wildman–Crippen LogP) is 4.80. The Morgan fingerprint density at radius 2 is 1.76 bits per heavy atom. The summed E-state index contributed by atoms with van der Waals surface area (Å²) in [6.07, 6.45) is 6.39. The normalized spacial score (nSPS) is 17.3. The van der Waals surface area contributed by atoms with Gasteiger partial charge in [-0.25, -0.2) is 0 Å². The Bertz CT molecular complexity index is 1240. The number of ether oxygens (including phenoxy) is 1. The molecule has 1 saturated carbocycles. The van der Waals surface area contributed by atoms with Gasteiger partial charge in [0, 0.05) is 17.4 Å². The van der Waals surface area contributed by atoms with Crippen molar-refractivity contribution in [1.82, 2.24) is 20.5 Å². The number of H-pyrrole nitrogens is 1. The van der Waals surface area contributed by atoms with Crippen molar-refractivity contribution < 1.29 is 14.3 Å². The first kappa shape index (κ1) is 26.3. The maximum atomic E-state index is 13.2. The van der Waals surface area contributed by atoms with Crippen LogP contribution in [0.2, 0.25) is 0 Å². The van der Waals surface area contributed by atoms with E-state index >= 15 is 0 Å². The smallest absolute Gasteiger partial charge is 0.268 e. The molecule has 7 nitrogen and oxygen atoms in total. The third-order valence-electron chi connectivity index (χ3n) is 8.09. The molecule has 0 spiro atoms. The van der Waals surface area contributed by atoms with Gasteiger partial charge in [-0.05, 0) is 93.9 Å². The zero-order valence-electron chi connectivity index (χ0n) is 22.6. The van der Waals surface area contributed by atoms with Gasteiger partial charge < -0.3 is 25.3 Å². The van der Waals surface area contributed by atoms with Crippen molar-refractivity contribution >= 4 is 22.7 Å². The molecule has 1 unspecified atom stereocenters. The quantitative estimate of drug-likeness (QED) is 0.342. The van der Waals surface area contributed by atoms with Crippen molar-refractivity contribution in [2.45, 2.75) is 58.0 Å². The Morgan fingerprint density at radius 3 is 2.47 bits per heavy atom. The van der Waals surface area contributed by atoms with Crippen molar-refractivity contribution in [3.8, 4) is 5.75 Å².